The summed E-state index contributed by atoms with van der Waals surface area (Å²) in [6.45, 7) is 2.73. The van der Waals surface area contributed by atoms with E-state index in [0.29, 0.717) is 22.3 Å². The summed E-state index contributed by atoms with van der Waals surface area (Å²) in [5.41, 5.74) is 0.351. The number of anilines is 1. The van der Waals surface area contributed by atoms with Gasteiger partial charge in [0.2, 0.25) is 15.9 Å². The van der Waals surface area contributed by atoms with Crippen LogP contribution in [0.4, 0.5) is 5.69 Å². The van der Waals surface area contributed by atoms with E-state index in [4.69, 9.17) is 23.2 Å². The Morgan fingerprint density at radius 2 is 1.78 bits per heavy atom. The molecule has 1 aromatic carbocycles. The van der Waals surface area contributed by atoms with Gasteiger partial charge in [-0.2, -0.15) is 0 Å². The molecule has 0 unspecified atom stereocenters. The van der Waals surface area contributed by atoms with E-state index in [1.165, 1.54) is 18.2 Å². The molecule has 0 heterocycles. The van der Waals surface area contributed by atoms with Crippen LogP contribution in [0, 0.1) is 0 Å². The lowest BCUT2D eigenvalue weighted by molar-refractivity contribution is -0.120. The molecular formula is C15H22Cl2N2O3S. The first-order valence-electron chi connectivity index (χ1n) is 7.44. The van der Waals surface area contributed by atoms with Gasteiger partial charge in [-0.3, -0.25) is 9.10 Å². The average Bonchev–Trinajstić information content (AvgIpc) is 2.41. The van der Waals surface area contributed by atoms with Crippen LogP contribution >= 0.6 is 23.2 Å². The summed E-state index contributed by atoms with van der Waals surface area (Å²) >= 11 is 11.8. The van der Waals surface area contributed by atoms with E-state index in [0.717, 1.165) is 29.8 Å². The molecule has 0 saturated heterocycles. The Bertz CT molecular complexity index is 615. The van der Waals surface area contributed by atoms with Gasteiger partial charge in [0.15, 0.2) is 0 Å². The van der Waals surface area contributed by atoms with Crippen LogP contribution in [0.2, 0.25) is 10.0 Å². The molecule has 1 N–H and O–H groups in total. The molecule has 1 rings (SSSR count). The second-order valence-electron chi connectivity index (χ2n) is 5.27. The largest absolute Gasteiger partial charge is 0.356 e. The van der Waals surface area contributed by atoms with Crippen molar-refractivity contribution in [3.8, 4) is 0 Å². The Kier molecular flexibility index (Phi) is 8.16. The third-order valence-electron chi connectivity index (χ3n) is 3.18. The molecule has 0 atom stereocenters. The molecule has 0 saturated carbocycles. The molecule has 0 radical (unpaired) electrons. The standard InChI is InChI=1S/C15H22Cl2N2O3S/c1-3-4-5-7-18-15(20)6-8-19(23(2,21)22)14-10-12(16)9-13(17)11-14/h9-11H,3-8H2,1-2H3,(H,18,20). The first-order chi connectivity index (χ1) is 10.7. The number of carbonyl (C=O) groups is 1. The zero-order valence-electron chi connectivity index (χ0n) is 13.3. The van der Waals surface area contributed by atoms with Crippen LogP contribution in [-0.2, 0) is 14.8 Å². The Morgan fingerprint density at radius 3 is 2.30 bits per heavy atom. The lowest BCUT2D eigenvalue weighted by Crippen LogP contribution is -2.34. The molecule has 1 aromatic rings. The lowest BCUT2D eigenvalue weighted by Gasteiger charge is -2.22. The quantitative estimate of drug-likeness (QED) is 0.667. The number of hydrogen-bond donors (Lipinski definition) is 1. The summed E-state index contributed by atoms with van der Waals surface area (Å²) in [5.74, 6) is -0.178. The van der Waals surface area contributed by atoms with Crippen LogP contribution in [-0.4, -0.2) is 33.7 Å². The molecule has 0 spiro atoms. The van der Waals surface area contributed by atoms with Crippen LogP contribution in [0.5, 0.6) is 0 Å². The minimum atomic E-state index is -3.54. The number of unbranched alkanes of at least 4 members (excludes halogenated alkanes) is 2. The Balaban J connectivity index is 2.72. The maximum atomic E-state index is 12.0. The minimum absolute atomic E-state index is 0.0368. The van der Waals surface area contributed by atoms with Gasteiger partial charge >= 0.3 is 0 Å². The molecule has 0 aliphatic heterocycles. The second kappa shape index (κ2) is 9.35. The van der Waals surface area contributed by atoms with Gasteiger partial charge < -0.3 is 5.32 Å². The fourth-order valence-electron chi connectivity index (χ4n) is 2.06. The Labute approximate surface area is 148 Å². The number of benzene rings is 1. The summed E-state index contributed by atoms with van der Waals surface area (Å²) in [6, 6.07) is 4.54. The predicted molar refractivity (Wildman–Crippen MR) is 95.8 cm³/mol. The van der Waals surface area contributed by atoms with Crippen molar-refractivity contribution in [2.45, 2.75) is 32.6 Å². The van der Waals surface area contributed by atoms with Crippen molar-refractivity contribution >= 4 is 44.8 Å². The highest BCUT2D eigenvalue weighted by molar-refractivity contribution is 7.92. The highest BCUT2D eigenvalue weighted by atomic mass is 35.5. The van der Waals surface area contributed by atoms with E-state index < -0.39 is 10.0 Å². The summed E-state index contributed by atoms with van der Waals surface area (Å²) < 4.78 is 25.1. The first-order valence-corrected chi connectivity index (χ1v) is 10.0. The van der Waals surface area contributed by atoms with Gasteiger partial charge in [-0.05, 0) is 24.6 Å². The molecule has 0 fully saturated rings. The predicted octanol–water partition coefficient (Wildman–Crippen LogP) is 3.46. The van der Waals surface area contributed by atoms with Crippen molar-refractivity contribution in [1.29, 1.82) is 0 Å². The first kappa shape index (κ1) is 20.1. The van der Waals surface area contributed by atoms with Crippen molar-refractivity contribution in [3.63, 3.8) is 0 Å². The van der Waals surface area contributed by atoms with E-state index in [-0.39, 0.29) is 18.9 Å². The number of rotatable bonds is 9. The molecular weight excluding hydrogens is 359 g/mol. The molecule has 8 heteroatoms. The maximum absolute atomic E-state index is 12.0. The van der Waals surface area contributed by atoms with Crippen molar-refractivity contribution in [3.05, 3.63) is 28.2 Å². The van der Waals surface area contributed by atoms with Gasteiger partial charge in [0.25, 0.3) is 0 Å². The fraction of sp³-hybridized carbons (Fsp3) is 0.533. The molecule has 0 aromatic heterocycles. The number of sulfonamides is 1. The van der Waals surface area contributed by atoms with Gasteiger partial charge in [0.1, 0.15) is 0 Å². The van der Waals surface area contributed by atoms with E-state index in [2.05, 4.69) is 12.2 Å². The molecule has 0 aliphatic carbocycles. The third kappa shape index (κ3) is 7.42. The van der Waals surface area contributed by atoms with Crippen molar-refractivity contribution in [2.75, 3.05) is 23.7 Å². The Hall–Kier alpha value is -0.980. The van der Waals surface area contributed by atoms with E-state index >= 15 is 0 Å². The topological polar surface area (TPSA) is 66.5 Å². The van der Waals surface area contributed by atoms with Crippen LogP contribution in [0.15, 0.2) is 18.2 Å². The van der Waals surface area contributed by atoms with Gasteiger partial charge in [-0.15, -0.1) is 0 Å². The summed E-state index contributed by atoms with van der Waals surface area (Å²) in [4.78, 5) is 11.8. The highest BCUT2D eigenvalue weighted by Crippen LogP contribution is 2.27. The summed E-state index contributed by atoms with van der Waals surface area (Å²) in [5, 5.41) is 3.46. The van der Waals surface area contributed by atoms with Crippen LogP contribution in [0.1, 0.15) is 32.6 Å². The molecule has 1 amide bonds. The molecule has 5 nitrogen and oxygen atoms in total. The Morgan fingerprint density at radius 1 is 1.17 bits per heavy atom. The van der Waals surface area contributed by atoms with Gasteiger partial charge in [-0.25, -0.2) is 8.42 Å². The molecule has 130 valence electrons. The number of nitrogens with zero attached hydrogens (tertiary/aromatic N) is 1. The van der Waals surface area contributed by atoms with Gasteiger partial charge in [0, 0.05) is 29.6 Å². The van der Waals surface area contributed by atoms with Crippen LogP contribution in [0.3, 0.4) is 0 Å². The van der Waals surface area contributed by atoms with E-state index in [9.17, 15) is 13.2 Å². The highest BCUT2D eigenvalue weighted by Gasteiger charge is 2.19. The smallest absolute Gasteiger partial charge is 0.232 e. The average molecular weight is 381 g/mol. The second-order valence-corrected chi connectivity index (χ2v) is 8.05. The number of nitrogens with one attached hydrogen (secondary N) is 1. The summed E-state index contributed by atoms with van der Waals surface area (Å²) in [6.07, 6.45) is 4.20. The number of hydrogen-bond acceptors (Lipinski definition) is 3. The number of carbonyl (C=O) groups excluding carboxylic acids is 1. The van der Waals surface area contributed by atoms with Crippen molar-refractivity contribution in [1.82, 2.24) is 5.32 Å². The molecule has 0 aliphatic rings. The molecule has 23 heavy (non-hydrogen) atoms. The fourth-order valence-corrected chi connectivity index (χ4v) is 3.49. The molecule has 0 bridgehead atoms. The van der Waals surface area contributed by atoms with Crippen LogP contribution < -0.4 is 9.62 Å². The zero-order valence-corrected chi connectivity index (χ0v) is 15.6. The normalized spacial score (nSPS) is 11.3. The summed E-state index contributed by atoms with van der Waals surface area (Å²) in [7, 11) is -3.54. The monoisotopic (exact) mass is 380 g/mol. The number of amides is 1. The zero-order chi connectivity index (χ0) is 17.5. The van der Waals surface area contributed by atoms with E-state index in [1.54, 1.807) is 0 Å². The minimum Gasteiger partial charge on any atom is -0.356 e. The van der Waals surface area contributed by atoms with E-state index in [1.807, 2.05) is 0 Å². The SMILES string of the molecule is CCCCCNC(=O)CCN(c1cc(Cl)cc(Cl)c1)S(C)(=O)=O. The third-order valence-corrected chi connectivity index (χ3v) is 4.81. The van der Waals surface area contributed by atoms with Crippen molar-refractivity contribution < 1.29 is 13.2 Å². The van der Waals surface area contributed by atoms with Gasteiger partial charge in [0.05, 0.1) is 11.9 Å². The van der Waals surface area contributed by atoms with Crippen molar-refractivity contribution in [2.24, 2.45) is 0 Å². The lowest BCUT2D eigenvalue weighted by atomic mass is 10.2. The van der Waals surface area contributed by atoms with Crippen LogP contribution in [0.25, 0.3) is 0 Å². The maximum Gasteiger partial charge on any atom is 0.232 e. The number of halogens is 2. The van der Waals surface area contributed by atoms with Gasteiger partial charge in [-0.1, -0.05) is 43.0 Å².